The first-order chi connectivity index (χ1) is 10.1. The third-order valence-corrected chi connectivity index (χ3v) is 4.54. The van der Waals surface area contributed by atoms with Gasteiger partial charge in [-0.25, -0.2) is 4.79 Å². The van der Waals surface area contributed by atoms with Crippen LogP contribution < -0.4 is 5.90 Å². The highest BCUT2D eigenvalue weighted by atomic mass is 31.2. The molecule has 22 heavy (non-hydrogen) atoms. The van der Waals surface area contributed by atoms with E-state index in [1.165, 1.54) is 0 Å². The Bertz CT molecular complexity index is 409. The lowest BCUT2D eigenvalue weighted by Crippen LogP contribution is -2.35. The highest BCUT2D eigenvalue weighted by molar-refractivity contribution is 7.53. The minimum atomic E-state index is -3.37. The van der Waals surface area contributed by atoms with E-state index in [-0.39, 0.29) is 25.8 Å². The molecule has 0 radical (unpaired) electrons. The maximum Gasteiger partial charge on any atom is 0.338 e. The predicted octanol–water partition coefficient (Wildman–Crippen LogP) is 2.02. The van der Waals surface area contributed by atoms with Crippen molar-refractivity contribution in [3.05, 3.63) is 0 Å². The minimum Gasteiger partial charge on any atom is -0.459 e. The summed E-state index contributed by atoms with van der Waals surface area (Å²) in [4.78, 5) is 27.8. The zero-order valence-electron chi connectivity index (χ0n) is 13.8. The monoisotopic (exact) mass is 339 g/mol. The molecule has 0 fully saturated rings. The smallest absolute Gasteiger partial charge is 0.338 e. The van der Waals surface area contributed by atoms with Crippen LogP contribution in [0, 0.1) is 5.92 Å². The summed E-state index contributed by atoms with van der Waals surface area (Å²) >= 11 is 0. The maximum absolute atomic E-state index is 12.4. The molecule has 0 heterocycles. The van der Waals surface area contributed by atoms with Gasteiger partial charge in [0.1, 0.15) is 5.60 Å². The molecular formula is C13H26NO7P. The van der Waals surface area contributed by atoms with Crippen molar-refractivity contribution >= 4 is 19.5 Å². The van der Waals surface area contributed by atoms with Crippen molar-refractivity contribution in [3.8, 4) is 0 Å². The number of carbonyl (C=O) groups is 2. The number of ether oxygens (including phenoxy) is 1. The van der Waals surface area contributed by atoms with E-state index >= 15 is 0 Å². The first kappa shape index (κ1) is 21.0. The van der Waals surface area contributed by atoms with Crippen LogP contribution in [0.3, 0.4) is 0 Å². The average molecular weight is 339 g/mol. The van der Waals surface area contributed by atoms with E-state index in [2.05, 4.69) is 4.84 Å². The van der Waals surface area contributed by atoms with E-state index in [0.717, 1.165) is 0 Å². The van der Waals surface area contributed by atoms with Gasteiger partial charge in [0.2, 0.25) is 0 Å². The Kier molecular flexibility index (Phi) is 8.85. The molecule has 0 saturated carbocycles. The highest BCUT2D eigenvalue weighted by Gasteiger charge is 2.35. The summed E-state index contributed by atoms with van der Waals surface area (Å²) in [5.41, 5.74) is -0.770. The van der Waals surface area contributed by atoms with Crippen LogP contribution in [0.25, 0.3) is 0 Å². The quantitative estimate of drug-likeness (QED) is 0.294. The molecule has 0 aliphatic carbocycles. The second-order valence-electron chi connectivity index (χ2n) is 5.48. The van der Waals surface area contributed by atoms with Gasteiger partial charge in [-0.15, -0.1) is 0 Å². The van der Waals surface area contributed by atoms with Gasteiger partial charge in [0, 0.05) is 0 Å². The number of carbonyl (C=O) groups excluding carboxylic acids is 2. The van der Waals surface area contributed by atoms with E-state index in [1.807, 2.05) is 0 Å². The van der Waals surface area contributed by atoms with E-state index in [0.29, 0.717) is 0 Å². The Labute approximate surface area is 131 Å². The van der Waals surface area contributed by atoms with Gasteiger partial charge in [-0.3, -0.25) is 9.36 Å². The second kappa shape index (κ2) is 9.25. The molecule has 8 nitrogen and oxygen atoms in total. The number of esters is 1. The van der Waals surface area contributed by atoms with E-state index < -0.39 is 31.1 Å². The first-order valence-electron chi connectivity index (χ1n) is 7.10. The first-order valence-corrected chi connectivity index (χ1v) is 8.83. The fourth-order valence-electron chi connectivity index (χ4n) is 1.63. The van der Waals surface area contributed by atoms with Crippen LogP contribution in [-0.2, 0) is 32.8 Å². The SMILES string of the molecule is CCOP(=O)(CC[C@@H](C(=O)ON)C(=O)OC(C)(C)C)OCC. The normalized spacial score (nSPS) is 13.5. The molecule has 0 aromatic heterocycles. The minimum absolute atomic E-state index is 0.109. The molecule has 0 rings (SSSR count). The summed E-state index contributed by atoms with van der Waals surface area (Å²) in [5.74, 6) is 1.82. The van der Waals surface area contributed by atoms with Crippen LogP contribution in [0.4, 0.5) is 0 Å². The van der Waals surface area contributed by atoms with Gasteiger partial charge < -0.3 is 18.6 Å². The fraction of sp³-hybridized carbons (Fsp3) is 0.846. The Morgan fingerprint density at radius 2 is 1.59 bits per heavy atom. The molecule has 0 saturated heterocycles. The van der Waals surface area contributed by atoms with Crippen molar-refractivity contribution in [2.45, 2.75) is 46.6 Å². The summed E-state index contributed by atoms with van der Waals surface area (Å²) in [6.45, 7) is 8.73. The highest BCUT2D eigenvalue weighted by Crippen LogP contribution is 2.49. The Balaban J connectivity index is 4.96. The molecule has 0 aromatic rings. The van der Waals surface area contributed by atoms with Crippen molar-refractivity contribution < 1.29 is 32.8 Å². The number of rotatable bonds is 9. The van der Waals surface area contributed by atoms with Crippen molar-refractivity contribution in [2.24, 2.45) is 11.8 Å². The van der Waals surface area contributed by atoms with Crippen LogP contribution in [0.5, 0.6) is 0 Å². The van der Waals surface area contributed by atoms with Crippen molar-refractivity contribution in [2.75, 3.05) is 19.4 Å². The lowest BCUT2D eigenvalue weighted by atomic mass is 10.1. The second-order valence-corrected chi connectivity index (χ2v) is 7.67. The van der Waals surface area contributed by atoms with Crippen LogP contribution >= 0.6 is 7.60 Å². The predicted molar refractivity (Wildman–Crippen MR) is 80.0 cm³/mol. The van der Waals surface area contributed by atoms with Crippen molar-refractivity contribution in [1.29, 1.82) is 0 Å². The average Bonchev–Trinajstić information content (AvgIpc) is 2.36. The molecule has 0 aromatic carbocycles. The van der Waals surface area contributed by atoms with Gasteiger partial charge in [0.05, 0.1) is 19.4 Å². The van der Waals surface area contributed by atoms with Crippen molar-refractivity contribution in [3.63, 3.8) is 0 Å². The molecule has 9 heteroatoms. The van der Waals surface area contributed by atoms with Gasteiger partial charge in [-0.05, 0) is 41.0 Å². The van der Waals surface area contributed by atoms with Gasteiger partial charge >= 0.3 is 19.5 Å². The summed E-state index contributed by atoms with van der Waals surface area (Å²) in [6, 6.07) is 0. The molecule has 0 unspecified atom stereocenters. The van der Waals surface area contributed by atoms with E-state index in [1.54, 1.807) is 34.6 Å². The van der Waals surface area contributed by atoms with E-state index in [4.69, 9.17) is 19.7 Å². The molecular weight excluding hydrogens is 313 g/mol. The van der Waals surface area contributed by atoms with Gasteiger partial charge in [0.25, 0.3) is 0 Å². The maximum atomic E-state index is 12.4. The molecule has 1 atom stereocenters. The van der Waals surface area contributed by atoms with Gasteiger partial charge in [0.15, 0.2) is 5.92 Å². The fourth-order valence-corrected chi connectivity index (χ4v) is 3.33. The Morgan fingerprint density at radius 1 is 1.09 bits per heavy atom. The molecule has 0 aliphatic heterocycles. The summed E-state index contributed by atoms with van der Waals surface area (Å²) in [5, 5.41) is 0. The van der Waals surface area contributed by atoms with Crippen LogP contribution in [0.2, 0.25) is 0 Å². The molecule has 2 N–H and O–H groups in total. The zero-order valence-corrected chi connectivity index (χ0v) is 14.7. The van der Waals surface area contributed by atoms with Gasteiger partial charge in [-0.2, -0.15) is 5.90 Å². The summed E-state index contributed by atoms with van der Waals surface area (Å²) in [7, 11) is -3.37. The van der Waals surface area contributed by atoms with Crippen LogP contribution in [0.15, 0.2) is 0 Å². The molecule has 130 valence electrons. The lowest BCUT2D eigenvalue weighted by molar-refractivity contribution is -0.169. The Morgan fingerprint density at radius 3 is 1.95 bits per heavy atom. The zero-order chi connectivity index (χ0) is 17.4. The summed E-state index contributed by atoms with van der Waals surface area (Å²) in [6.07, 6.45) is -0.226. The largest absolute Gasteiger partial charge is 0.459 e. The van der Waals surface area contributed by atoms with Crippen molar-refractivity contribution in [1.82, 2.24) is 0 Å². The summed E-state index contributed by atoms with van der Waals surface area (Å²) < 4.78 is 27.7. The number of hydrogen-bond donors (Lipinski definition) is 1. The number of hydrogen-bond acceptors (Lipinski definition) is 8. The number of nitrogens with two attached hydrogens (primary N) is 1. The molecule has 0 spiro atoms. The lowest BCUT2D eigenvalue weighted by Gasteiger charge is -2.23. The van der Waals surface area contributed by atoms with Crippen LogP contribution in [-0.4, -0.2) is 36.9 Å². The molecule has 0 amide bonds. The third kappa shape index (κ3) is 7.89. The standard InChI is InChI=1S/C13H26NO7P/c1-6-18-22(17,19-7-2)9-8-10(12(16)21-14)11(15)20-13(3,4)5/h10H,6-9,14H2,1-5H3/t10-/m1/s1. The molecule has 0 aliphatic rings. The van der Waals surface area contributed by atoms with E-state index in [9.17, 15) is 14.2 Å². The topological polar surface area (TPSA) is 114 Å². The van der Waals surface area contributed by atoms with Gasteiger partial charge in [-0.1, -0.05) is 0 Å². The van der Waals surface area contributed by atoms with Crippen LogP contribution in [0.1, 0.15) is 41.0 Å². The Hall–Kier alpha value is -0.950. The third-order valence-electron chi connectivity index (χ3n) is 2.44. The molecule has 0 bridgehead atoms.